The summed E-state index contributed by atoms with van der Waals surface area (Å²) in [5.41, 5.74) is 4.71. The van der Waals surface area contributed by atoms with Crippen LogP contribution in [0.15, 0.2) is 28.7 Å². The van der Waals surface area contributed by atoms with Gasteiger partial charge in [0.1, 0.15) is 5.52 Å². The summed E-state index contributed by atoms with van der Waals surface area (Å²) in [6, 6.07) is 7.04. The topological polar surface area (TPSA) is 125 Å². The van der Waals surface area contributed by atoms with Crippen LogP contribution in [0, 0.1) is 11.8 Å². The lowest BCUT2D eigenvalue weighted by molar-refractivity contribution is -0.148. The highest BCUT2D eigenvalue weighted by Gasteiger charge is 2.55. The van der Waals surface area contributed by atoms with Gasteiger partial charge >= 0.3 is 6.09 Å². The van der Waals surface area contributed by atoms with Crippen LogP contribution in [-0.2, 0) is 14.3 Å². The number of benzene rings is 1. The monoisotopic (exact) mass is 485 g/mol. The third kappa shape index (κ3) is 5.50. The summed E-state index contributed by atoms with van der Waals surface area (Å²) in [4.78, 5) is 46.5. The molecule has 2 heterocycles. The molecule has 190 valence electrons. The molecule has 1 unspecified atom stereocenters. The molecule has 1 aliphatic carbocycles. The Hall–Kier alpha value is -2.94. The van der Waals surface area contributed by atoms with Crippen LogP contribution in [0.2, 0.25) is 0 Å². The molecule has 1 aromatic heterocycles. The number of carbonyl (C=O) groups is 3. The number of ether oxygens (including phenoxy) is 2. The van der Waals surface area contributed by atoms with E-state index < -0.39 is 23.4 Å². The van der Waals surface area contributed by atoms with E-state index in [9.17, 15) is 14.4 Å². The number of hydrogen-bond acceptors (Lipinski definition) is 7. The number of carbonyl (C=O) groups excluding carboxylic acids is 3. The summed E-state index contributed by atoms with van der Waals surface area (Å²) >= 11 is 0. The van der Waals surface area contributed by atoms with Crippen LogP contribution >= 0.6 is 0 Å². The van der Waals surface area contributed by atoms with Crippen molar-refractivity contribution in [3.63, 3.8) is 0 Å². The summed E-state index contributed by atoms with van der Waals surface area (Å²) < 4.78 is 16.9. The highest BCUT2D eigenvalue weighted by molar-refractivity contribution is 6.04. The Kier molecular flexibility index (Phi) is 8.05. The molecular formula is C26H35N3O6. The van der Waals surface area contributed by atoms with Crippen molar-refractivity contribution >= 4 is 28.9 Å². The number of rotatable bonds is 9. The SMILES string of the molecule is CCC[C@@](OC(N)=O)(C(=O)c1nc2ccccc2o1)C(CC1CCCCC1)C(=O)N1CCOCC1. The molecule has 2 fully saturated rings. The molecule has 0 bridgehead atoms. The number of ketones is 1. The van der Waals surface area contributed by atoms with Gasteiger partial charge in [-0.15, -0.1) is 0 Å². The van der Waals surface area contributed by atoms with Gasteiger partial charge in [0.05, 0.1) is 19.1 Å². The summed E-state index contributed by atoms with van der Waals surface area (Å²) in [5, 5.41) is 0. The number of oxazole rings is 1. The number of hydrogen-bond donors (Lipinski definition) is 1. The zero-order valence-electron chi connectivity index (χ0n) is 20.4. The van der Waals surface area contributed by atoms with E-state index in [1.54, 1.807) is 29.2 Å². The predicted octanol–water partition coefficient (Wildman–Crippen LogP) is 4.09. The Balaban J connectivity index is 1.79. The van der Waals surface area contributed by atoms with Crippen molar-refractivity contribution in [1.82, 2.24) is 9.88 Å². The molecule has 9 nitrogen and oxygen atoms in total. The van der Waals surface area contributed by atoms with Crippen molar-refractivity contribution < 1.29 is 28.3 Å². The minimum atomic E-state index is -1.80. The van der Waals surface area contributed by atoms with Gasteiger partial charge in [0, 0.05) is 13.1 Å². The number of Topliss-reactive ketones (excluding diaryl/α,β-unsaturated/α-hetero) is 1. The third-order valence-electron chi connectivity index (χ3n) is 7.25. The molecule has 1 aromatic carbocycles. The average molecular weight is 486 g/mol. The lowest BCUT2D eigenvalue weighted by Gasteiger charge is -2.41. The zero-order valence-corrected chi connectivity index (χ0v) is 20.4. The Labute approximate surface area is 205 Å². The Morgan fingerprint density at radius 2 is 1.89 bits per heavy atom. The fourth-order valence-electron chi connectivity index (χ4n) is 5.57. The van der Waals surface area contributed by atoms with Gasteiger partial charge in [-0.1, -0.05) is 57.6 Å². The molecule has 2 aliphatic rings. The quantitative estimate of drug-likeness (QED) is 0.530. The van der Waals surface area contributed by atoms with Crippen molar-refractivity contribution in [2.75, 3.05) is 26.3 Å². The van der Waals surface area contributed by atoms with Crippen LogP contribution in [0.3, 0.4) is 0 Å². The second kappa shape index (κ2) is 11.2. The van der Waals surface area contributed by atoms with Crippen LogP contribution in [0.4, 0.5) is 4.79 Å². The fraction of sp³-hybridized carbons (Fsp3) is 0.615. The van der Waals surface area contributed by atoms with Crippen LogP contribution in [0.5, 0.6) is 0 Å². The first kappa shape index (κ1) is 25.2. The fourth-order valence-corrected chi connectivity index (χ4v) is 5.57. The smallest absolute Gasteiger partial charge is 0.405 e. The van der Waals surface area contributed by atoms with E-state index in [1.807, 2.05) is 6.92 Å². The summed E-state index contributed by atoms with van der Waals surface area (Å²) in [6.45, 7) is 3.60. The van der Waals surface area contributed by atoms with E-state index in [0.29, 0.717) is 50.2 Å². The van der Waals surface area contributed by atoms with E-state index in [4.69, 9.17) is 19.6 Å². The number of fused-ring (bicyclic) bond motifs is 1. The molecule has 0 spiro atoms. The minimum Gasteiger partial charge on any atom is -0.434 e. The van der Waals surface area contributed by atoms with Gasteiger partial charge in [0.25, 0.3) is 11.7 Å². The number of nitrogens with two attached hydrogens (primary N) is 1. The van der Waals surface area contributed by atoms with E-state index in [-0.39, 0.29) is 24.1 Å². The Bertz CT molecular complexity index is 1010. The summed E-state index contributed by atoms with van der Waals surface area (Å²) in [5.74, 6) is -1.64. The van der Waals surface area contributed by atoms with Gasteiger partial charge in [-0.2, -0.15) is 0 Å². The van der Waals surface area contributed by atoms with Crippen molar-refractivity contribution in [3.05, 3.63) is 30.2 Å². The Morgan fingerprint density at radius 1 is 1.17 bits per heavy atom. The number of amides is 2. The third-order valence-corrected chi connectivity index (χ3v) is 7.25. The molecular weight excluding hydrogens is 450 g/mol. The van der Waals surface area contributed by atoms with Crippen molar-refractivity contribution in [1.29, 1.82) is 0 Å². The van der Waals surface area contributed by atoms with E-state index >= 15 is 0 Å². The maximum atomic E-state index is 14.1. The number of primary amides is 1. The summed E-state index contributed by atoms with van der Waals surface area (Å²) in [6.07, 6.45) is 5.27. The van der Waals surface area contributed by atoms with Gasteiger partial charge in [0.2, 0.25) is 5.91 Å². The van der Waals surface area contributed by atoms with Crippen LogP contribution in [0.1, 0.15) is 69.0 Å². The highest BCUT2D eigenvalue weighted by atomic mass is 16.6. The molecule has 2 atom stereocenters. The van der Waals surface area contributed by atoms with Gasteiger partial charge in [0.15, 0.2) is 11.2 Å². The number of nitrogens with zero attached hydrogens (tertiary/aromatic N) is 2. The first-order valence-corrected chi connectivity index (χ1v) is 12.7. The molecule has 1 aliphatic heterocycles. The molecule has 35 heavy (non-hydrogen) atoms. The van der Waals surface area contributed by atoms with Crippen LogP contribution in [-0.4, -0.2) is 59.6 Å². The first-order chi connectivity index (χ1) is 16.9. The van der Waals surface area contributed by atoms with Crippen molar-refractivity contribution in [3.8, 4) is 0 Å². The van der Waals surface area contributed by atoms with Crippen molar-refractivity contribution in [2.24, 2.45) is 17.6 Å². The van der Waals surface area contributed by atoms with E-state index in [0.717, 1.165) is 32.1 Å². The first-order valence-electron chi connectivity index (χ1n) is 12.7. The largest absolute Gasteiger partial charge is 0.434 e. The molecule has 1 saturated heterocycles. The molecule has 2 amide bonds. The molecule has 2 N–H and O–H groups in total. The number of morpholine rings is 1. The van der Waals surface area contributed by atoms with E-state index in [1.165, 1.54) is 0 Å². The number of para-hydroxylation sites is 2. The maximum Gasteiger partial charge on any atom is 0.405 e. The second-order valence-electron chi connectivity index (χ2n) is 9.61. The van der Waals surface area contributed by atoms with Gasteiger partial charge in [-0.3, -0.25) is 9.59 Å². The van der Waals surface area contributed by atoms with Crippen molar-refractivity contribution in [2.45, 2.75) is 63.9 Å². The highest BCUT2D eigenvalue weighted by Crippen LogP contribution is 2.40. The zero-order chi connectivity index (χ0) is 24.8. The molecule has 2 aromatic rings. The van der Waals surface area contributed by atoms with Gasteiger partial charge in [-0.05, 0) is 30.9 Å². The maximum absolute atomic E-state index is 14.1. The lowest BCUT2D eigenvalue weighted by atomic mass is 9.72. The lowest BCUT2D eigenvalue weighted by Crippen LogP contribution is -2.58. The van der Waals surface area contributed by atoms with Gasteiger partial charge < -0.3 is 24.5 Å². The predicted molar refractivity (Wildman–Crippen MR) is 129 cm³/mol. The Morgan fingerprint density at radius 3 is 2.54 bits per heavy atom. The normalized spacial score (nSPS) is 19.7. The number of aromatic nitrogens is 1. The van der Waals surface area contributed by atoms with Gasteiger partial charge in [-0.25, -0.2) is 9.78 Å². The second-order valence-corrected chi connectivity index (χ2v) is 9.61. The molecule has 4 rings (SSSR count). The molecule has 1 saturated carbocycles. The van der Waals surface area contributed by atoms with Crippen LogP contribution in [0.25, 0.3) is 11.1 Å². The average Bonchev–Trinajstić information content (AvgIpc) is 3.31. The summed E-state index contributed by atoms with van der Waals surface area (Å²) in [7, 11) is 0. The standard InChI is InChI=1S/C26H35N3O6/c1-2-12-26(35-25(27)32,22(30)23-28-20-10-6-7-11-21(20)34-23)19(17-18-8-4-3-5-9-18)24(31)29-13-15-33-16-14-29/h6-7,10-11,18-19H,2-5,8-9,12-17H2,1H3,(H2,27,32)/t19?,26-/m0/s1. The molecule has 9 heteroatoms. The van der Waals surface area contributed by atoms with Crippen LogP contribution < -0.4 is 5.73 Å². The molecule has 0 radical (unpaired) electrons. The van der Waals surface area contributed by atoms with E-state index in [2.05, 4.69) is 4.98 Å². The minimum absolute atomic E-state index is 0.140.